The van der Waals surface area contributed by atoms with Crippen molar-refractivity contribution in [2.24, 2.45) is 0 Å². The fraction of sp³-hybridized carbons (Fsp3) is 0.333. The smallest absolute Gasteiger partial charge is 0.118 e. The lowest BCUT2D eigenvalue weighted by molar-refractivity contribution is 0.414. The molecule has 0 spiro atoms. The van der Waals surface area contributed by atoms with Crippen LogP contribution in [0, 0.1) is 0 Å². The van der Waals surface area contributed by atoms with Crippen molar-refractivity contribution < 1.29 is 4.74 Å². The summed E-state index contributed by atoms with van der Waals surface area (Å²) in [5, 5.41) is 3.09. The Hall–Kier alpha value is -0.540. The van der Waals surface area contributed by atoms with Crippen molar-refractivity contribution >= 4 is 15.9 Å². The van der Waals surface area contributed by atoms with Gasteiger partial charge in [0.2, 0.25) is 0 Å². The summed E-state index contributed by atoms with van der Waals surface area (Å²) >= 11 is 3.48. The molecule has 1 atom stereocenters. The largest absolute Gasteiger partial charge is 0.497 e. The molecule has 0 radical (unpaired) electrons. The Bertz CT molecular complexity index is 235. The minimum Gasteiger partial charge on any atom is -0.497 e. The van der Waals surface area contributed by atoms with Crippen LogP contribution in [0.3, 0.4) is 0 Å². The van der Waals surface area contributed by atoms with Gasteiger partial charge in [0.05, 0.1) is 12.1 Å². The maximum Gasteiger partial charge on any atom is 0.118 e. The van der Waals surface area contributed by atoms with Crippen molar-refractivity contribution in [1.29, 1.82) is 0 Å². The number of benzene rings is 1. The number of halogens is 1. The molecule has 0 aromatic heterocycles. The first kappa shape index (κ1) is 9.55. The average molecular weight is 230 g/mol. The molecule has 0 saturated heterocycles. The second kappa shape index (κ2) is 4.48. The van der Waals surface area contributed by atoms with E-state index in [1.165, 1.54) is 5.56 Å². The zero-order valence-corrected chi connectivity index (χ0v) is 8.76. The van der Waals surface area contributed by atoms with Gasteiger partial charge < -0.3 is 10.1 Å². The van der Waals surface area contributed by atoms with Gasteiger partial charge in [-0.1, -0.05) is 28.1 Å². The SMILES string of the molecule is CNC(Br)c1ccc(OC)cc1. The number of hydrogen-bond donors (Lipinski definition) is 1. The second-order valence-corrected chi connectivity index (χ2v) is 3.34. The van der Waals surface area contributed by atoms with Crippen LogP contribution in [0.15, 0.2) is 24.3 Å². The highest BCUT2D eigenvalue weighted by Gasteiger charge is 2.02. The number of rotatable bonds is 3. The topological polar surface area (TPSA) is 21.3 Å². The summed E-state index contributed by atoms with van der Waals surface area (Å²) in [6.45, 7) is 0. The predicted molar refractivity (Wildman–Crippen MR) is 53.7 cm³/mol. The lowest BCUT2D eigenvalue weighted by atomic mass is 10.2. The van der Waals surface area contributed by atoms with Gasteiger partial charge in [0.25, 0.3) is 0 Å². The molecule has 0 amide bonds. The van der Waals surface area contributed by atoms with Crippen LogP contribution < -0.4 is 10.1 Å². The van der Waals surface area contributed by atoms with Gasteiger partial charge in [0.1, 0.15) is 5.75 Å². The predicted octanol–water partition coefficient (Wildman–Crippen LogP) is 2.31. The molecule has 0 aliphatic heterocycles. The minimum atomic E-state index is 0.211. The van der Waals surface area contributed by atoms with Gasteiger partial charge in [-0.2, -0.15) is 0 Å². The Morgan fingerprint density at radius 2 is 1.92 bits per heavy atom. The molecule has 0 fully saturated rings. The number of alkyl halides is 1. The molecule has 0 bridgehead atoms. The van der Waals surface area contributed by atoms with Crippen molar-refractivity contribution in [2.45, 2.75) is 4.95 Å². The standard InChI is InChI=1S/C9H12BrNO/c1-11-9(10)7-3-5-8(12-2)6-4-7/h3-6,9,11H,1-2H3. The molecule has 12 heavy (non-hydrogen) atoms. The van der Waals surface area contributed by atoms with E-state index in [4.69, 9.17) is 4.74 Å². The Morgan fingerprint density at radius 1 is 1.33 bits per heavy atom. The van der Waals surface area contributed by atoms with Crippen molar-refractivity contribution in [3.05, 3.63) is 29.8 Å². The lowest BCUT2D eigenvalue weighted by Gasteiger charge is -2.08. The summed E-state index contributed by atoms with van der Waals surface area (Å²) < 4.78 is 5.05. The van der Waals surface area contributed by atoms with E-state index in [0.29, 0.717) is 0 Å². The van der Waals surface area contributed by atoms with Crippen LogP contribution in [-0.4, -0.2) is 14.2 Å². The minimum absolute atomic E-state index is 0.211. The summed E-state index contributed by atoms with van der Waals surface area (Å²) in [4.78, 5) is 0.211. The van der Waals surface area contributed by atoms with Crippen molar-refractivity contribution in [3.8, 4) is 5.75 Å². The number of ether oxygens (including phenoxy) is 1. The highest BCUT2D eigenvalue weighted by molar-refractivity contribution is 9.09. The van der Waals surface area contributed by atoms with Crippen LogP contribution in [-0.2, 0) is 0 Å². The third-order valence-corrected chi connectivity index (χ3v) is 2.65. The zero-order chi connectivity index (χ0) is 8.97. The van der Waals surface area contributed by atoms with E-state index in [1.54, 1.807) is 7.11 Å². The maximum atomic E-state index is 5.05. The van der Waals surface area contributed by atoms with E-state index in [0.717, 1.165) is 5.75 Å². The molecule has 0 saturated carbocycles. The molecule has 66 valence electrons. The maximum absolute atomic E-state index is 5.05. The Labute approximate surface area is 81.1 Å². The molecular formula is C9H12BrNO. The van der Waals surface area contributed by atoms with Gasteiger partial charge in [0, 0.05) is 0 Å². The van der Waals surface area contributed by atoms with Gasteiger partial charge in [-0.15, -0.1) is 0 Å². The van der Waals surface area contributed by atoms with Gasteiger partial charge in [0.15, 0.2) is 0 Å². The van der Waals surface area contributed by atoms with E-state index in [9.17, 15) is 0 Å². The Kier molecular flexibility index (Phi) is 3.56. The molecule has 1 aromatic rings. The summed E-state index contributed by atoms with van der Waals surface area (Å²) in [6, 6.07) is 7.94. The average Bonchev–Trinajstić information content (AvgIpc) is 2.17. The summed E-state index contributed by atoms with van der Waals surface area (Å²) in [5.74, 6) is 0.884. The van der Waals surface area contributed by atoms with E-state index < -0.39 is 0 Å². The van der Waals surface area contributed by atoms with Crippen LogP contribution in [0.25, 0.3) is 0 Å². The van der Waals surface area contributed by atoms with Crippen molar-refractivity contribution in [2.75, 3.05) is 14.2 Å². The van der Waals surface area contributed by atoms with Crippen molar-refractivity contribution in [3.63, 3.8) is 0 Å². The van der Waals surface area contributed by atoms with Crippen LogP contribution in [0.2, 0.25) is 0 Å². The zero-order valence-electron chi connectivity index (χ0n) is 7.17. The normalized spacial score (nSPS) is 12.6. The van der Waals surface area contributed by atoms with E-state index >= 15 is 0 Å². The molecule has 1 N–H and O–H groups in total. The third-order valence-electron chi connectivity index (χ3n) is 1.66. The number of methoxy groups -OCH3 is 1. The Morgan fingerprint density at radius 3 is 2.33 bits per heavy atom. The van der Waals surface area contributed by atoms with Crippen molar-refractivity contribution in [1.82, 2.24) is 5.32 Å². The van der Waals surface area contributed by atoms with Gasteiger partial charge in [-0.05, 0) is 24.7 Å². The fourth-order valence-corrected chi connectivity index (χ4v) is 1.24. The first-order valence-electron chi connectivity index (χ1n) is 3.73. The highest BCUT2D eigenvalue weighted by Crippen LogP contribution is 2.21. The second-order valence-electron chi connectivity index (χ2n) is 2.42. The monoisotopic (exact) mass is 229 g/mol. The molecule has 2 nitrogen and oxygen atoms in total. The molecule has 1 unspecified atom stereocenters. The molecule has 3 heteroatoms. The Balaban J connectivity index is 2.77. The van der Waals surface area contributed by atoms with E-state index in [2.05, 4.69) is 21.2 Å². The van der Waals surface area contributed by atoms with Gasteiger partial charge >= 0.3 is 0 Å². The lowest BCUT2D eigenvalue weighted by Crippen LogP contribution is -2.08. The first-order chi connectivity index (χ1) is 5.77. The molecule has 1 aromatic carbocycles. The molecular weight excluding hydrogens is 218 g/mol. The highest BCUT2D eigenvalue weighted by atomic mass is 79.9. The van der Waals surface area contributed by atoms with Crippen LogP contribution in [0.5, 0.6) is 5.75 Å². The van der Waals surface area contributed by atoms with Crippen LogP contribution in [0.1, 0.15) is 10.5 Å². The number of hydrogen-bond acceptors (Lipinski definition) is 2. The van der Waals surface area contributed by atoms with E-state index in [-0.39, 0.29) is 4.95 Å². The number of nitrogens with one attached hydrogen (secondary N) is 1. The van der Waals surface area contributed by atoms with Crippen LogP contribution >= 0.6 is 15.9 Å². The molecule has 0 heterocycles. The first-order valence-corrected chi connectivity index (χ1v) is 4.64. The van der Waals surface area contributed by atoms with Gasteiger partial charge in [-0.25, -0.2) is 0 Å². The summed E-state index contributed by atoms with van der Waals surface area (Å²) in [5.41, 5.74) is 1.19. The van der Waals surface area contributed by atoms with Gasteiger partial charge in [-0.3, -0.25) is 0 Å². The third kappa shape index (κ3) is 2.22. The fourth-order valence-electron chi connectivity index (χ4n) is 0.940. The summed E-state index contributed by atoms with van der Waals surface area (Å²) in [7, 11) is 3.57. The molecule has 0 aliphatic carbocycles. The molecule has 0 aliphatic rings. The van der Waals surface area contributed by atoms with Crippen LogP contribution in [0.4, 0.5) is 0 Å². The summed E-state index contributed by atoms with van der Waals surface area (Å²) in [6.07, 6.45) is 0. The quantitative estimate of drug-likeness (QED) is 0.635. The van der Waals surface area contributed by atoms with E-state index in [1.807, 2.05) is 31.3 Å². The molecule has 1 rings (SSSR count).